The van der Waals surface area contributed by atoms with Crippen molar-refractivity contribution in [2.24, 2.45) is 0 Å². The van der Waals surface area contributed by atoms with E-state index in [4.69, 9.17) is 9.47 Å². The summed E-state index contributed by atoms with van der Waals surface area (Å²) in [6.45, 7) is 3.66. The zero-order valence-electron chi connectivity index (χ0n) is 30.2. The number of ether oxygens (including phenoxy) is 2. The molecule has 280 valence electrons. The summed E-state index contributed by atoms with van der Waals surface area (Å²) in [6.07, 6.45) is 27.2. The van der Waals surface area contributed by atoms with Crippen molar-refractivity contribution in [1.82, 2.24) is 5.32 Å². The van der Waals surface area contributed by atoms with Crippen molar-refractivity contribution in [3.8, 4) is 0 Å². The first-order valence-corrected chi connectivity index (χ1v) is 19.2. The molecule has 0 aromatic heterocycles. The van der Waals surface area contributed by atoms with Crippen LogP contribution in [-0.4, -0.2) is 87.5 Å². The average molecular weight is 682 g/mol. The van der Waals surface area contributed by atoms with Gasteiger partial charge in [0.2, 0.25) is 5.91 Å². The Balaban J connectivity index is 2.46. The van der Waals surface area contributed by atoms with E-state index < -0.39 is 49.5 Å². The quantitative estimate of drug-likeness (QED) is 0.0370. The van der Waals surface area contributed by atoms with Crippen LogP contribution >= 0.6 is 0 Å². The first kappa shape index (κ1) is 44.4. The van der Waals surface area contributed by atoms with Crippen LogP contribution in [0.25, 0.3) is 0 Å². The van der Waals surface area contributed by atoms with Crippen molar-refractivity contribution >= 4 is 5.91 Å². The average Bonchev–Trinajstić information content (AvgIpc) is 3.08. The maximum atomic E-state index is 12.9. The molecule has 0 bridgehead atoms. The SMILES string of the molecule is CC/C=C\C/C=C\C/C=C\CCCCCC(=O)NC(COC1OC(CO)C(O)C(O)C1O)C(O)CCCCCCCCCCCCCC. The zero-order chi connectivity index (χ0) is 35.2. The van der Waals surface area contributed by atoms with Gasteiger partial charge in [-0.25, -0.2) is 0 Å². The molecular weight excluding hydrogens is 610 g/mol. The Morgan fingerprint density at radius 3 is 1.90 bits per heavy atom. The molecule has 0 radical (unpaired) electrons. The highest BCUT2D eigenvalue weighted by atomic mass is 16.7. The van der Waals surface area contributed by atoms with Crippen LogP contribution in [-0.2, 0) is 14.3 Å². The summed E-state index contributed by atoms with van der Waals surface area (Å²) < 4.78 is 11.2. The van der Waals surface area contributed by atoms with Crippen LogP contribution in [0.4, 0.5) is 0 Å². The molecule has 7 unspecified atom stereocenters. The van der Waals surface area contributed by atoms with Gasteiger partial charge in [-0.15, -0.1) is 0 Å². The maximum Gasteiger partial charge on any atom is 0.220 e. The molecule has 1 heterocycles. The highest BCUT2D eigenvalue weighted by molar-refractivity contribution is 5.76. The predicted molar refractivity (Wildman–Crippen MR) is 193 cm³/mol. The molecule has 7 atom stereocenters. The van der Waals surface area contributed by atoms with E-state index in [0.29, 0.717) is 12.8 Å². The summed E-state index contributed by atoms with van der Waals surface area (Å²) in [6, 6.07) is -0.731. The van der Waals surface area contributed by atoms with E-state index in [2.05, 4.69) is 55.6 Å². The fourth-order valence-corrected chi connectivity index (χ4v) is 5.88. The number of aliphatic hydroxyl groups excluding tert-OH is 5. The second-order valence-electron chi connectivity index (χ2n) is 13.3. The standard InChI is InChI=1S/C39H71NO8/c1-3-5-7-9-11-13-15-17-19-21-23-25-27-29-35(43)40-32(31-47-39-38(46)37(45)36(44)34(30-41)48-39)33(42)28-26-24-22-20-18-16-14-12-10-8-6-4-2/h5,7,11,13,17,19,32-34,36-39,41-42,44-46H,3-4,6,8-10,12,14-16,18,20-31H2,1-2H3,(H,40,43)/b7-5-,13-11-,19-17-. The number of amides is 1. The molecular formula is C39H71NO8. The minimum atomic E-state index is -1.56. The Morgan fingerprint density at radius 2 is 1.29 bits per heavy atom. The van der Waals surface area contributed by atoms with E-state index in [1.165, 1.54) is 57.8 Å². The monoisotopic (exact) mass is 682 g/mol. The molecule has 9 nitrogen and oxygen atoms in total. The number of nitrogens with one attached hydrogen (secondary N) is 1. The van der Waals surface area contributed by atoms with E-state index in [1.54, 1.807) is 0 Å². The van der Waals surface area contributed by atoms with Gasteiger partial charge in [0.15, 0.2) is 6.29 Å². The van der Waals surface area contributed by atoms with Gasteiger partial charge >= 0.3 is 0 Å². The summed E-state index contributed by atoms with van der Waals surface area (Å²) in [5.74, 6) is -0.177. The van der Waals surface area contributed by atoms with Gasteiger partial charge in [0.05, 0.1) is 25.4 Å². The van der Waals surface area contributed by atoms with Gasteiger partial charge in [0.1, 0.15) is 24.4 Å². The van der Waals surface area contributed by atoms with Crippen LogP contribution in [0.15, 0.2) is 36.5 Å². The van der Waals surface area contributed by atoms with Crippen LogP contribution in [0.5, 0.6) is 0 Å². The summed E-state index contributed by atoms with van der Waals surface area (Å²) in [5.41, 5.74) is 0. The Bertz CT molecular complexity index is 848. The Hall–Kier alpha value is -1.59. The Morgan fingerprint density at radius 1 is 0.729 bits per heavy atom. The van der Waals surface area contributed by atoms with E-state index >= 15 is 0 Å². The van der Waals surface area contributed by atoms with E-state index in [-0.39, 0.29) is 12.5 Å². The first-order chi connectivity index (χ1) is 23.3. The molecule has 6 N–H and O–H groups in total. The number of rotatable bonds is 30. The van der Waals surface area contributed by atoms with Gasteiger partial charge in [-0.3, -0.25) is 4.79 Å². The summed E-state index contributed by atoms with van der Waals surface area (Å²) in [7, 11) is 0. The van der Waals surface area contributed by atoms with Crippen molar-refractivity contribution in [1.29, 1.82) is 0 Å². The number of unbranched alkanes of at least 4 members (excludes halogenated alkanes) is 14. The lowest BCUT2D eigenvalue weighted by molar-refractivity contribution is -0.302. The van der Waals surface area contributed by atoms with Crippen molar-refractivity contribution in [3.05, 3.63) is 36.5 Å². The summed E-state index contributed by atoms with van der Waals surface area (Å²) >= 11 is 0. The molecule has 1 fully saturated rings. The molecule has 0 aromatic carbocycles. The molecule has 1 amide bonds. The minimum absolute atomic E-state index is 0.151. The summed E-state index contributed by atoms with van der Waals surface area (Å²) in [5, 5.41) is 54.0. The van der Waals surface area contributed by atoms with Crippen molar-refractivity contribution in [2.75, 3.05) is 13.2 Å². The van der Waals surface area contributed by atoms with Crippen LogP contribution in [0.3, 0.4) is 0 Å². The second-order valence-corrected chi connectivity index (χ2v) is 13.3. The predicted octanol–water partition coefficient (Wildman–Crippen LogP) is 6.55. The van der Waals surface area contributed by atoms with Crippen LogP contribution < -0.4 is 5.32 Å². The molecule has 0 aliphatic carbocycles. The highest BCUT2D eigenvalue weighted by Gasteiger charge is 2.44. The van der Waals surface area contributed by atoms with Gasteiger partial charge in [0, 0.05) is 6.42 Å². The first-order valence-electron chi connectivity index (χ1n) is 19.2. The molecule has 1 aliphatic rings. The Labute approximate surface area is 291 Å². The Kier molecular flexibility index (Phi) is 28.0. The fourth-order valence-electron chi connectivity index (χ4n) is 5.88. The second kappa shape index (κ2) is 30.3. The van der Waals surface area contributed by atoms with Gasteiger partial charge in [-0.1, -0.05) is 134 Å². The molecule has 1 aliphatic heterocycles. The van der Waals surface area contributed by atoms with Crippen molar-refractivity contribution in [2.45, 2.75) is 192 Å². The molecule has 0 aromatic rings. The number of hydrogen-bond donors (Lipinski definition) is 6. The smallest absolute Gasteiger partial charge is 0.220 e. The molecule has 0 spiro atoms. The van der Waals surface area contributed by atoms with Gasteiger partial charge in [-0.05, 0) is 44.9 Å². The molecule has 1 saturated heterocycles. The van der Waals surface area contributed by atoms with Crippen LogP contribution in [0, 0.1) is 0 Å². The molecule has 0 saturated carbocycles. The number of carbonyl (C=O) groups excluding carboxylic acids is 1. The third-order valence-corrected chi connectivity index (χ3v) is 9.01. The number of aliphatic hydroxyl groups is 5. The maximum absolute atomic E-state index is 12.9. The molecule has 1 rings (SSSR count). The minimum Gasteiger partial charge on any atom is -0.394 e. The topological polar surface area (TPSA) is 149 Å². The zero-order valence-corrected chi connectivity index (χ0v) is 30.2. The fraction of sp³-hybridized carbons (Fsp3) is 0.821. The van der Waals surface area contributed by atoms with Crippen molar-refractivity contribution in [3.63, 3.8) is 0 Å². The third-order valence-electron chi connectivity index (χ3n) is 9.01. The van der Waals surface area contributed by atoms with Gasteiger partial charge in [-0.2, -0.15) is 0 Å². The third kappa shape index (κ3) is 21.5. The van der Waals surface area contributed by atoms with Crippen LogP contribution in [0.2, 0.25) is 0 Å². The van der Waals surface area contributed by atoms with Gasteiger partial charge in [0.25, 0.3) is 0 Å². The largest absolute Gasteiger partial charge is 0.394 e. The number of hydrogen-bond acceptors (Lipinski definition) is 8. The van der Waals surface area contributed by atoms with E-state index in [9.17, 15) is 30.3 Å². The van der Waals surface area contributed by atoms with Crippen LogP contribution in [0.1, 0.15) is 149 Å². The number of carbonyl (C=O) groups is 1. The lowest BCUT2D eigenvalue weighted by atomic mass is 9.99. The van der Waals surface area contributed by atoms with Gasteiger partial charge < -0.3 is 40.3 Å². The lowest BCUT2D eigenvalue weighted by Gasteiger charge is -2.40. The number of allylic oxidation sites excluding steroid dienone is 6. The lowest BCUT2D eigenvalue weighted by Crippen LogP contribution is -2.60. The normalized spacial score (nSPS) is 23.0. The highest BCUT2D eigenvalue weighted by Crippen LogP contribution is 2.23. The van der Waals surface area contributed by atoms with E-state index in [0.717, 1.165) is 64.2 Å². The van der Waals surface area contributed by atoms with Crippen molar-refractivity contribution < 1.29 is 39.8 Å². The van der Waals surface area contributed by atoms with E-state index in [1.807, 2.05) is 0 Å². The summed E-state index contributed by atoms with van der Waals surface area (Å²) in [4.78, 5) is 12.9. The molecule has 48 heavy (non-hydrogen) atoms. The molecule has 9 heteroatoms.